The van der Waals surface area contributed by atoms with Gasteiger partial charge in [-0.15, -0.1) is 0 Å². The first-order chi connectivity index (χ1) is 10.6. The summed E-state index contributed by atoms with van der Waals surface area (Å²) in [4.78, 5) is 0. The predicted octanol–water partition coefficient (Wildman–Crippen LogP) is 3.20. The van der Waals surface area contributed by atoms with Gasteiger partial charge in [0.2, 0.25) is 0 Å². The Labute approximate surface area is 131 Å². The number of quaternary nitrogens is 1. The summed E-state index contributed by atoms with van der Waals surface area (Å²) in [5.74, 6) is 1.34. The van der Waals surface area contributed by atoms with Crippen LogP contribution in [0, 0.1) is 0 Å². The van der Waals surface area contributed by atoms with Crippen molar-refractivity contribution in [1.82, 2.24) is 0 Å². The molecular formula is C19H22NO2+. The number of aromatic hydroxyl groups is 1. The summed E-state index contributed by atoms with van der Waals surface area (Å²) in [5.41, 5.74) is 5.58. The maximum atomic E-state index is 9.76. The van der Waals surface area contributed by atoms with Gasteiger partial charge < -0.3 is 14.3 Å². The zero-order valence-electron chi connectivity index (χ0n) is 13.2. The second-order valence-corrected chi connectivity index (χ2v) is 6.85. The summed E-state index contributed by atoms with van der Waals surface area (Å²) in [6.45, 7) is 2.14. The molecule has 0 aliphatic carbocycles. The third-order valence-corrected chi connectivity index (χ3v) is 5.49. The molecule has 0 fully saturated rings. The SMILES string of the molecule is COc1ccc2c(c1)CC[N+]1(C)Cc3cc(O)ccc3CC21. The molecule has 2 unspecified atom stereocenters. The molecule has 3 heteroatoms. The Morgan fingerprint density at radius 1 is 1.09 bits per heavy atom. The minimum absolute atomic E-state index is 0.381. The van der Waals surface area contributed by atoms with Crippen LogP contribution in [-0.4, -0.2) is 30.3 Å². The lowest BCUT2D eigenvalue weighted by molar-refractivity contribution is -0.956. The Morgan fingerprint density at radius 2 is 1.95 bits per heavy atom. The van der Waals surface area contributed by atoms with Gasteiger partial charge in [-0.25, -0.2) is 0 Å². The summed E-state index contributed by atoms with van der Waals surface area (Å²) in [7, 11) is 4.08. The predicted molar refractivity (Wildman–Crippen MR) is 86.0 cm³/mol. The number of hydrogen-bond acceptors (Lipinski definition) is 2. The molecule has 1 N–H and O–H groups in total. The van der Waals surface area contributed by atoms with Gasteiger partial charge in [-0.05, 0) is 41.5 Å². The van der Waals surface area contributed by atoms with E-state index in [0.29, 0.717) is 11.8 Å². The molecule has 4 rings (SSSR count). The molecule has 2 aromatic rings. The van der Waals surface area contributed by atoms with Gasteiger partial charge in [0.15, 0.2) is 0 Å². The van der Waals surface area contributed by atoms with Crippen LogP contribution in [0.3, 0.4) is 0 Å². The smallest absolute Gasteiger partial charge is 0.119 e. The Hall–Kier alpha value is -2.00. The van der Waals surface area contributed by atoms with E-state index in [-0.39, 0.29) is 0 Å². The van der Waals surface area contributed by atoms with Gasteiger partial charge in [-0.2, -0.15) is 0 Å². The van der Waals surface area contributed by atoms with Crippen molar-refractivity contribution in [3.8, 4) is 11.5 Å². The average molecular weight is 296 g/mol. The summed E-state index contributed by atoms with van der Waals surface area (Å²) in [6, 6.07) is 12.9. The summed E-state index contributed by atoms with van der Waals surface area (Å²) < 4.78 is 6.42. The van der Waals surface area contributed by atoms with Gasteiger partial charge in [0, 0.05) is 24.0 Å². The van der Waals surface area contributed by atoms with E-state index >= 15 is 0 Å². The van der Waals surface area contributed by atoms with E-state index in [1.807, 2.05) is 12.1 Å². The van der Waals surface area contributed by atoms with E-state index < -0.39 is 0 Å². The van der Waals surface area contributed by atoms with Gasteiger partial charge >= 0.3 is 0 Å². The first-order valence-corrected chi connectivity index (χ1v) is 7.91. The van der Waals surface area contributed by atoms with Crippen molar-refractivity contribution >= 4 is 0 Å². The monoisotopic (exact) mass is 296 g/mol. The molecule has 0 aromatic heterocycles. The third kappa shape index (κ3) is 2.00. The molecule has 0 saturated carbocycles. The topological polar surface area (TPSA) is 29.5 Å². The minimum Gasteiger partial charge on any atom is -0.508 e. The lowest BCUT2D eigenvalue weighted by atomic mass is 9.82. The molecule has 2 aromatic carbocycles. The first kappa shape index (κ1) is 13.6. The maximum Gasteiger partial charge on any atom is 0.119 e. The standard InChI is InChI=1S/C19H21NO2/c1-20-8-7-14-10-17(22-2)5-6-18(14)19(20)11-13-3-4-16(21)9-15(13)12-20/h3-6,9-10,19H,7-8,11-12H2,1-2H3/p+1. The number of rotatable bonds is 1. The third-order valence-electron chi connectivity index (χ3n) is 5.49. The summed E-state index contributed by atoms with van der Waals surface area (Å²) >= 11 is 0. The number of fused-ring (bicyclic) bond motifs is 4. The number of nitrogens with zero attached hydrogens (tertiary/aromatic N) is 1. The second kappa shape index (κ2) is 4.75. The Morgan fingerprint density at radius 3 is 2.77 bits per heavy atom. The van der Waals surface area contributed by atoms with Gasteiger partial charge in [0.05, 0.1) is 20.7 Å². The zero-order valence-corrected chi connectivity index (χ0v) is 13.2. The molecule has 114 valence electrons. The van der Waals surface area contributed by atoms with Crippen molar-refractivity contribution in [1.29, 1.82) is 0 Å². The second-order valence-electron chi connectivity index (χ2n) is 6.85. The molecule has 0 saturated heterocycles. The Bertz CT molecular complexity index is 740. The van der Waals surface area contributed by atoms with E-state index in [1.54, 1.807) is 7.11 Å². The molecular weight excluding hydrogens is 274 g/mol. The van der Waals surface area contributed by atoms with Crippen molar-refractivity contribution in [2.24, 2.45) is 0 Å². The highest BCUT2D eigenvalue weighted by atomic mass is 16.5. The highest BCUT2D eigenvalue weighted by Crippen LogP contribution is 2.44. The number of phenolic OH excluding ortho intramolecular Hbond substituents is 1. The lowest BCUT2D eigenvalue weighted by Crippen LogP contribution is -2.53. The van der Waals surface area contributed by atoms with Crippen LogP contribution in [0.15, 0.2) is 36.4 Å². The van der Waals surface area contributed by atoms with Crippen molar-refractivity contribution in [2.45, 2.75) is 25.4 Å². The van der Waals surface area contributed by atoms with Crippen LogP contribution in [0.5, 0.6) is 11.5 Å². The number of likely N-dealkylation sites (N-methyl/N-ethyl adjacent to an activating group) is 1. The molecule has 0 amide bonds. The fourth-order valence-corrected chi connectivity index (χ4v) is 4.19. The molecule has 3 nitrogen and oxygen atoms in total. The van der Waals surface area contributed by atoms with Crippen LogP contribution in [-0.2, 0) is 19.4 Å². The van der Waals surface area contributed by atoms with E-state index in [2.05, 4.69) is 31.3 Å². The van der Waals surface area contributed by atoms with E-state index in [4.69, 9.17) is 4.74 Å². The number of hydrogen-bond donors (Lipinski definition) is 1. The number of benzene rings is 2. The normalized spacial score (nSPS) is 25.8. The molecule has 0 spiro atoms. The van der Waals surface area contributed by atoms with Crippen LogP contribution >= 0.6 is 0 Å². The van der Waals surface area contributed by atoms with Gasteiger partial charge in [-0.3, -0.25) is 0 Å². The quantitative estimate of drug-likeness (QED) is 0.819. The van der Waals surface area contributed by atoms with E-state index in [0.717, 1.165) is 36.2 Å². The van der Waals surface area contributed by atoms with E-state index in [1.165, 1.54) is 22.3 Å². The molecule has 2 aliphatic heterocycles. The van der Waals surface area contributed by atoms with E-state index in [9.17, 15) is 5.11 Å². The average Bonchev–Trinajstić information content (AvgIpc) is 2.52. The molecule has 0 bridgehead atoms. The summed E-state index contributed by atoms with van der Waals surface area (Å²) in [5, 5.41) is 9.76. The van der Waals surface area contributed by atoms with Crippen LogP contribution in [0.25, 0.3) is 0 Å². The lowest BCUT2D eigenvalue weighted by Gasteiger charge is -2.48. The summed E-state index contributed by atoms with van der Waals surface area (Å²) in [6.07, 6.45) is 2.14. The molecule has 0 radical (unpaired) electrons. The highest BCUT2D eigenvalue weighted by molar-refractivity contribution is 5.42. The van der Waals surface area contributed by atoms with Gasteiger partial charge in [-0.1, -0.05) is 6.07 Å². The van der Waals surface area contributed by atoms with Crippen molar-refractivity contribution < 1.29 is 14.3 Å². The largest absolute Gasteiger partial charge is 0.508 e. The van der Waals surface area contributed by atoms with Gasteiger partial charge in [0.25, 0.3) is 0 Å². The molecule has 2 atom stereocenters. The van der Waals surface area contributed by atoms with Crippen LogP contribution in [0.2, 0.25) is 0 Å². The fourth-order valence-electron chi connectivity index (χ4n) is 4.19. The van der Waals surface area contributed by atoms with Crippen molar-refractivity contribution in [3.05, 3.63) is 58.7 Å². The van der Waals surface area contributed by atoms with Crippen molar-refractivity contribution in [2.75, 3.05) is 20.7 Å². The Balaban J connectivity index is 1.79. The molecule has 22 heavy (non-hydrogen) atoms. The number of methoxy groups -OCH3 is 1. The zero-order chi connectivity index (χ0) is 15.3. The molecule has 2 heterocycles. The fraction of sp³-hybridized carbons (Fsp3) is 0.368. The first-order valence-electron chi connectivity index (χ1n) is 7.91. The number of phenols is 1. The maximum absolute atomic E-state index is 9.76. The number of ether oxygens (including phenoxy) is 1. The highest BCUT2D eigenvalue weighted by Gasteiger charge is 2.42. The minimum atomic E-state index is 0.381. The van der Waals surface area contributed by atoms with Crippen LogP contribution in [0.4, 0.5) is 0 Å². The molecule has 2 aliphatic rings. The van der Waals surface area contributed by atoms with Crippen molar-refractivity contribution in [3.63, 3.8) is 0 Å². The Kier molecular flexibility index (Phi) is 2.95. The van der Waals surface area contributed by atoms with Crippen LogP contribution < -0.4 is 4.74 Å². The van der Waals surface area contributed by atoms with Gasteiger partial charge in [0.1, 0.15) is 24.1 Å². The van der Waals surface area contributed by atoms with Crippen LogP contribution in [0.1, 0.15) is 28.3 Å².